The minimum absolute atomic E-state index is 0.0985. The zero-order chi connectivity index (χ0) is 16.4. The molecule has 3 aromatic rings. The van der Waals surface area contributed by atoms with Gasteiger partial charge in [-0.05, 0) is 35.0 Å². The van der Waals surface area contributed by atoms with Crippen LogP contribution < -0.4 is 4.72 Å². The van der Waals surface area contributed by atoms with Gasteiger partial charge in [-0.1, -0.05) is 30.3 Å². The van der Waals surface area contributed by atoms with E-state index >= 15 is 0 Å². The van der Waals surface area contributed by atoms with Crippen LogP contribution in [0.5, 0.6) is 0 Å². The molecule has 3 rings (SSSR count). The minimum Gasteiger partial charge on any atom is -0.280 e. The predicted molar refractivity (Wildman–Crippen MR) is 87.9 cm³/mol. The minimum atomic E-state index is -3.76. The molecule has 1 N–H and O–H groups in total. The Hall–Kier alpha value is -2.93. The molecular weight excluding hydrogens is 316 g/mol. The van der Waals surface area contributed by atoms with Gasteiger partial charge in [0, 0.05) is 17.8 Å². The van der Waals surface area contributed by atoms with Crippen molar-refractivity contribution in [3.8, 4) is 0 Å². The Morgan fingerprint density at radius 1 is 0.870 bits per heavy atom. The van der Waals surface area contributed by atoms with Crippen LogP contribution in [0.15, 0.2) is 71.6 Å². The first-order valence-corrected chi connectivity index (χ1v) is 8.20. The molecule has 0 aliphatic rings. The zero-order valence-corrected chi connectivity index (χ0v) is 12.7. The molecule has 0 bridgehead atoms. The average Bonchev–Trinajstić information content (AvgIpc) is 2.54. The van der Waals surface area contributed by atoms with Crippen molar-refractivity contribution >= 4 is 32.2 Å². The van der Waals surface area contributed by atoms with Gasteiger partial charge in [-0.15, -0.1) is 0 Å². The van der Waals surface area contributed by atoms with Crippen molar-refractivity contribution in [3.63, 3.8) is 0 Å². The quantitative estimate of drug-likeness (QED) is 0.586. The molecule has 0 atom stereocenters. The van der Waals surface area contributed by atoms with E-state index in [1.165, 1.54) is 30.3 Å². The number of nitrogens with zero attached hydrogens (tertiary/aromatic N) is 1. The maximum Gasteiger partial charge on any atom is 0.269 e. The van der Waals surface area contributed by atoms with Crippen molar-refractivity contribution < 1.29 is 13.3 Å². The summed E-state index contributed by atoms with van der Waals surface area (Å²) in [5.41, 5.74) is 0.169. The first kappa shape index (κ1) is 15.0. The lowest BCUT2D eigenvalue weighted by Crippen LogP contribution is -2.12. The Balaban J connectivity index is 1.92. The van der Waals surface area contributed by atoms with E-state index in [-0.39, 0.29) is 16.3 Å². The number of non-ortho nitro benzene ring substituents is 1. The van der Waals surface area contributed by atoms with E-state index < -0.39 is 14.9 Å². The van der Waals surface area contributed by atoms with Crippen LogP contribution in [0.2, 0.25) is 0 Å². The van der Waals surface area contributed by atoms with Crippen molar-refractivity contribution in [2.45, 2.75) is 4.90 Å². The summed E-state index contributed by atoms with van der Waals surface area (Å²) in [6.07, 6.45) is 0. The van der Waals surface area contributed by atoms with Crippen molar-refractivity contribution in [1.82, 2.24) is 0 Å². The smallest absolute Gasteiger partial charge is 0.269 e. The Morgan fingerprint density at radius 3 is 2.17 bits per heavy atom. The van der Waals surface area contributed by atoms with E-state index in [9.17, 15) is 18.5 Å². The maximum atomic E-state index is 12.4. The third-order valence-corrected chi connectivity index (χ3v) is 4.74. The number of fused-ring (bicyclic) bond motifs is 1. The molecule has 0 amide bonds. The second kappa shape index (κ2) is 5.69. The van der Waals surface area contributed by atoms with Crippen LogP contribution in [-0.4, -0.2) is 13.3 Å². The van der Waals surface area contributed by atoms with Crippen molar-refractivity contribution in [2.24, 2.45) is 0 Å². The normalized spacial score (nSPS) is 11.3. The first-order chi connectivity index (χ1) is 11.0. The summed E-state index contributed by atoms with van der Waals surface area (Å²) in [7, 11) is -3.76. The molecule has 116 valence electrons. The Kier molecular flexibility index (Phi) is 3.71. The zero-order valence-electron chi connectivity index (χ0n) is 11.8. The number of rotatable bonds is 4. The number of hydrogen-bond donors (Lipinski definition) is 1. The van der Waals surface area contributed by atoms with Crippen LogP contribution in [-0.2, 0) is 10.0 Å². The molecule has 0 spiro atoms. The fourth-order valence-electron chi connectivity index (χ4n) is 2.20. The molecule has 7 heteroatoms. The average molecular weight is 328 g/mol. The third-order valence-electron chi connectivity index (χ3n) is 3.36. The number of nitro groups is 1. The number of sulfonamides is 1. The summed E-state index contributed by atoms with van der Waals surface area (Å²) in [6.45, 7) is 0. The van der Waals surface area contributed by atoms with Gasteiger partial charge in [-0.2, -0.15) is 0 Å². The molecule has 6 nitrogen and oxygen atoms in total. The third kappa shape index (κ3) is 3.14. The highest BCUT2D eigenvalue weighted by Crippen LogP contribution is 2.22. The maximum absolute atomic E-state index is 12.4. The molecule has 0 heterocycles. The van der Waals surface area contributed by atoms with Gasteiger partial charge in [0.15, 0.2) is 0 Å². The fraction of sp³-hybridized carbons (Fsp3) is 0. The van der Waals surface area contributed by atoms with Gasteiger partial charge in [-0.3, -0.25) is 14.8 Å². The summed E-state index contributed by atoms with van der Waals surface area (Å²) in [5.74, 6) is 0. The SMILES string of the molecule is O=[N+]([O-])c1ccc(NS(=O)(=O)c2ccc3ccccc3c2)cc1. The molecule has 0 radical (unpaired) electrons. The van der Waals surface area contributed by atoms with Gasteiger partial charge in [0.05, 0.1) is 9.82 Å². The lowest BCUT2D eigenvalue weighted by Gasteiger charge is -2.09. The molecular formula is C16H12N2O4S. The van der Waals surface area contributed by atoms with Gasteiger partial charge >= 0.3 is 0 Å². The summed E-state index contributed by atoms with van der Waals surface area (Å²) < 4.78 is 27.3. The highest BCUT2D eigenvalue weighted by Gasteiger charge is 2.15. The Labute approximate surface area is 132 Å². The number of hydrogen-bond acceptors (Lipinski definition) is 4. The highest BCUT2D eigenvalue weighted by molar-refractivity contribution is 7.92. The monoisotopic (exact) mass is 328 g/mol. The largest absolute Gasteiger partial charge is 0.280 e. The van der Waals surface area contributed by atoms with Gasteiger partial charge in [-0.25, -0.2) is 8.42 Å². The molecule has 3 aromatic carbocycles. The van der Waals surface area contributed by atoms with Crippen LogP contribution in [0.25, 0.3) is 10.8 Å². The van der Waals surface area contributed by atoms with E-state index in [0.717, 1.165) is 10.8 Å². The number of anilines is 1. The summed E-state index contributed by atoms with van der Waals surface area (Å²) in [5, 5.41) is 12.4. The van der Waals surface area contributed by atoms with E-state index in [4.69, 9.17) is 0 Å². The summed E-state index contributed by atoms with van der Waals surface area (Å²) in [6, 6.07) is 17.5. The molecule has 0 fully saturated rings. The van der Waals surface area contributed by atoms with E-state index in [0.29, 0.717) is 0 Å². The standard InChI is InChI=1S/C16H12N2O4S/c19-18(20)15-8-6-14(7-9-15)17-23(21,22)16-10-5-12-3-1-2-4-13(12)11-16/h1-11,17H. The van der Waals surface area contributed by atoms with Crippen molar-refractivity contribution in [1.29, 1.82) is 0 Å². The fourth-order valence-corrected chi connectivity index (χ4v) is 3.29. The topological polar surface area (TPSA) is 89.3 Å². The molecule has 0 aliphatic heterocycles. The van der Waals surface area contributed by atoms with Crippen LogP contribution in [0.1, 0.15) is 0 Å². The van der Waals surface area contributed by atoms with Gasteiger partial charge in [0.25, 0.3) is 15.7 Å². The van der Waals surface area contributed by atoms with Crippen molar-refractivity contribution in [2.75, 3.05) is 4.72 Å². The summed E-state index contributed by atoms with van der Waals surface area (Å²) in [4.78, 5) is 10.2. The molecule has 23 heavy (non-hydrogen) atoms. The van der Waals surface area contributed by atoms with Crippen LogP contribution >= 0.6 is 0 Å². The molecule has 0 aromatic heterocycles. The lowest BCUT2D eigenvalue weighted by molar-refractivity contribution is -0.384. The molecule has 0 saturated heterocycles. The second-order valence-electron chi connectivity index (χ2n) is 4.92. The molecule has 0 saturated carbocycles. The summed E-state index contributed by atoms with van der Waals surface area (Å²) >= 11 is 0. The molecule has 0 aliphatic carbocycles. The number of benzene rings is 3. The van der Waals surface area contributed by atoms with Crippen LogP contribution in [0, 0.1) is 10.1 Å². The highest BCUT2D eigenvalue weighted by atomic mass is 32.2. The Morgan fingerprint density at radius 2 is 1.52 bits per heavy atom. The van der Waals surface area contributed by atoms with Crippen LogP contribution in [0.4, 0.5) is 11.4 Å². The van der Waals surface area contributed by atoms with Gasteiger partial charge < -0.3 is 0 Å². The van der Waals surface area contributed by atoms with Gasteiger partial charge in [0.1, 0.15) is 0 Å². The second-order valence-corrected chi connectivity index (χ2v) is 6.60. The Bertz CT molecular complexity index is 982. The first-order valence-electron chi connectivity index (χ1n) is 6.72. The van der Waals surface area contributed by atoms with Crippen LogP contribution in [0.3, 0.4) is 0 Å². The predicted octanol–water partition coefficient (Wildman–Crippen LogP) is 3.55. The number of nitrogens with one attached hydrogen (secondary N) is 1. The lowest BCUT2D eigenvalue weighted by atomic mass is 10.1. The van der Waals surface area contributed by atoms with E-state index in [1.54, 1.807) is 12.1 Å². The van der Waals surface area contributed by atoms with E-state index in [1.807, 2.05) is 24.3 Å². The number of nitro benzene ring substituents is 1. The van der Waals surface area contributed by atoms with E-state index in [2.05, 4.69) is 4.72 Å². The van der Waals surface area contributed by atoms with Crippen molar-refractivity contribution in [3.05, 3.63) is 76.8 Å². The molecule has 0 unspecified atom stereocenters. The van der Waals surface area contributed by atoms with Gasteiger partial charge in [0.2, 0.25) is 0 Å².